The standard InChI is InChI=1S/C12H15FO/c13-11-6-1-9(2-7-11)3-8-12(14)10-4-5-10/h1-2,6-7,10,12,14H,3-5,8H2. The molecule has 0 spiro atoms. The minimum atomic E-state index is -0.198. The van der Waals surface area contributed by atoms with E-state index in [4.69, 9.17) is 0 Å². The molecule has 0 aromatic heterocycles. The Kier molecular flexibility index (Phi) is 2.82. The fourth-order valence-corrected chi connectivity index (χ4v) is 1.68. The molecule has 1 fully saturated rings. The van der Waals surface area contributed by atoms with Crippen molar-refractivity contribution in [2.75, 3.05) is 0 Å². The van der Waals surface area contributed by atoms with Crippen LogP contribution in [0.4, 0.5) is 4.39 Å². The first kappa shape index (κ1) is 9.66. The van der Waals surface area contributed by atoms with Gasteiger partial charge in [0, 0.05) is 0 Å². The first-order chi connectivity index (χ1) is 6.75. The Bertz CT molecular complexity index is 290. The molecule has 1 N–H and O–H groups in total. The highest BCUT2D eigenvalue weighted by Crippen LogP contribution is 2.34. The molecule has 0 amide bonds. The molecule has 2 heteroatoms. The van der Waals surface area contributed by atoms with Crippen LogP contribution in [0.5, 0.6) is 0 Å². The normalized spacial score (nSPS) is 18.1. The predicted molar refractivity (Wildman–Crippen MR) is 53.5 cm³/mol. The summed E-state index contributed by atoms with van der Waals surface area (Å²) in [5.74, 6) is 0.340. The first-order valence-electron chi connectivity index (χ1n) is 5.18. The number of aryl methyl sites for hydroxylation is 1. The molecule has 0 bridgehead atoms. The molecule has 2 rings (SSSR count). The summed E-state index contributed by atoms with van der Waals surface area (Å²) in [5, 5.41) is 9.63. The van der Waals surface area contributed by atoms with Crippen LogP contribution in [0.2, 0.25) is 0 Å². The second-order valence-corrected chi connectivity index (χ2v) is 4.07. The molecule has 1 atom stereocenters. The van der Waals surface area contributed by atoms with E-state index in [2.05, 4.69) is 0 Å². The molecular formula is C12H15FO. The molecule has 0 aliphatic heterocycles. The molecule has 0 saturated heterocycles. The summed E-state index contributed by atoms with van der Waals surface area (Å²) in [6.45, 7) is 0. The summed E-state index contributed by atoms with van der Waals surface area (Å²) < 4.78 is 12.6. The van der Waals surface area contributed by atoms with Crippen LogP contribution in [0.1, 0.15) is 24.8 Å². The van der Waals surface area contributed by atoms with Crippen LogP contribution in [-0.4, -0.2) is 11.2 Å². The fraction of sp³-hybridized carbons (Fsp3) is 0.500. The third kappa shape index (κ3) is 2.55. The summed E-state index contributed by atoms with van der Waals surface area (Å²) in [6.07, 6.45) is 3.84. The summed E-state index contributed by atoms with van der Waals surface area (Å²) >= 11 is 0. The lowest BCUT2D eigenvalue weighted by Gasteiger charge is -2.08. The molecule has 1 saturated carbocycles. The zero-order valence-electron chi connectivity index (χ0n) is 8.12. The predicted octanol–water partition coefficient (Wildman–Crippen LogP) is 2.53. The minimum absolute atomic E-state index is 0.153. The van der Waals surface area contributed by atoms with Gasteiger partial charge in [0.25, 0.3) is 0 Å². The maximum atomic E-state index is 12.6. The number of rotatable bonds is 4. The van der Waals surface area contributed by atoms with Gasteiger partial charge >= 0.3 is 0 Å². The summed E-state index contributed by atoms with van der Waals surface area (Å²) in [5.41, 5.74) is 1.10. The van der Waals surface area contributed by atoms with Gasteiger partial charge in [-0.15, -0.1) is 0 Å². The van der Waals surface area contributed by atoms with Gasteiger partial charge in [0.05, 0.1) is 6.10 Å². The van der Waals surface area contributed by atoms with E-state index in [0.717, 1.165) is 18.4 Å². The smallest absolute Gasteiger partial charge is 0.123 e. The third-order valence-corrected chi connectivity index (χ3v) is 2.81. The molecule has 1 aromatic carbocycles. The number of hydrogen-bond acceptors (Lipinski definition) is 1. The second-order valence-electron chi connectivity index (χ2n) is 4.07. The number of hydrogen-bond donors (Lipinski definition) is 1. The molecule has 1 aliphatic rings. The monoisotopic (exact) mass is 194 g/mol. The zero-order valence-corrected chi connectivity index (χ0v) is 8.12. The summed E-state index contributed by atoms with van der Waals surface area (Å²) in [6, 6.07) is 6.52. The van der Waals surface area contributed by atoms with Crippen molar-refractivity contribution < 1.29 is 9.50 Å². The van der Waals surface area contributed by atoms with E-state index in [0.29, 0.717) is 5.92 Å². The highest BCUT2D eigenvalue weighted by Gasteiger charge is 2.28. The highest BCUT2D eigenvalue weighted by molar-refractivity contribution is 5.16. The maximum absolute atomic E-state index is 12.6. The number of aliphatic hydroxyl groups is 1. The largest absolute Gasteiger partial charge is 0.393 e. The molecule has 1 aromatic rings. The van der Waals surface area contributed by atoms with Gasteiger partial charge in [-0.3, -0.25) is 0 Å². The van der Waals surface area contributed by atoms with Gasteiger partial charge in [-0.25, -0.2) is 4.39 Å². The molecule has 1 aliphatic carbocycles. The Labute approximate surface area is 83.6 Å². The molecule has 1 nitrogen and oxygen atoms in total. The van der Waals surface area contributed by atoms with Crippen molar-refractivity contribution in [3.63, 3.8) is 0 Å². The SMILES string of the molecule is OC(CCc1ccc(F)cc1)C1CC1. The van der Waals surface area contributed by atoms with Crippen LogP contribution in [0.25, 0.3) is 0 Å². The number of halogens is 1. The van der Waals surface area contributed by atoms with Gasteiger partial charge in [0.1, 0.15) is 5.82 Å². The van der Waals surface area contributed by atoms with E-state index in [1.807, 2.05) is 0 Å². The molecule has 0 radical (unpaired) electrons. The summed E-state index contributed by atoms with van der Waals surface area (Å²) in [4.78, 5) is 0. The van der Waals surface area contributed by atoms with Gasteiger partial charge in [-0.05, 0) is 49.3 Å². The fourth-order valence-electron chi connectivity index (χ4n) is 1.68. The molecule has 76 valence electrons. The van der Waals surface area contributed by atoms with Crippen LogP contribution in [0.3, 0.4) is 0 Å². The molecule has 1 unspecified atom stereocenters. The van der Waals surface area contributed by atoms with Gasteiger partial charge in [-0.1, -0.05) is 12.1 Å². The van der Waals surface area contributed by atoms with Crippen molar-refractivity contribution in [1.82, 2.24) is 0 Å². The Hall–Kier alpha value is -0.890. The lowest BCUT2D eigenvalue weighted by Crippen LogP contribution is -2.10. The second kappa shape index (κ2) is 4.09. The molecular weight excluding hydrogens is 179 g/mol. The Balaban J connectivity index is 1.82. The molecule has 14 heavy (non-hydrogen) atoms. The van der Waals surface area contributed by atoms with Crippen molar-refractivity contribution in [2.45, 2.75) is 31.8 Å². The highest BCUT2D eigenvalue weighted by atomic mass is 19.1. The van der Waals surface area contributed by atoms with Crippen molar-refractivity contribution in [3.05, 3.63) is 35.6 Å². The Morgan fingerprint density at radius 2 is 1.93 bits per heavy atom. The van der Waals surface area contributed by atoms with Crippen molar-refractivity contribution in [3.8, 4) is 0 Å². The zero-order chi connectivity index (χ0) is 9.97. The summed E-state index contributed by atoms with van der Waals surface area (Å²) in [7, 11) is 0. The van der Waals surface area contributed by atoms with Crippen molar-refractivity contribution in [2.24, 2.45) is 5.92 Å². The van der Waals surface area contributed by atoms with Gasteiger partial charge in [0.15, 0.2) is 0 Å². The van der Waals surface area contributed by atoms with Crippen molar-refractivity contribution in [1.29, 1.82) is 0 Å². The van der Waals surface area contributed by atoms with Crippen LogP contribution >= 0.6 is 0 Å². The lowest BCUT2D eigenvalue weighted by atomic mass is 10.0. The minimum Gasteiger partial charge on any atom is -0.393 e. The van der Waals surface area contributed by atoms with Gasteiger partial charge in [0.2, 0.25) is 0 Å². The maximum Gasteiger partial charge on any atom is 0.123 e. The average molecular weight is 194 g/mol. The third-order valence-electron chi connectivity index (χ3n) is 2.81. The Morgan fingerprint density at radius 3 is 2.50 bits per heavy atom. The van der Waals surface area contributed by atoms with Crippen LogP contribution in [0.15, 0.2) is 24.3 Å². The topological polar surface area (TPSA) is 20.2 Å². The van der Waals surface area contributed by atoms with E-state index >= 15 is 0 Å². The van der Waals surface area contributed by atoms with Crippen LogP contribution in [0, 0.1) is 11.7 Å². The van der Waals surface area contributed by atoms with E-state index in [1.54, 1.807) is 12.1 Å². The number of benzene rings is 1. The van der Waals surface area contributed by atoms with E-state index in [-0.39, 0.29) is 11.9 Å². The quantitative estimate of drug-likeness (QED) is 0.781. The van der Waals surface area contributed by atoms with Gasteiger partial charge < -0.3 is 5.11 Å². The molecule has 0 heterocycles. The lowest BCUT2D eigenvalue weighted by molar-refractivity contribution is 0.142. The average Bonchev–Trinajstić information content (AvgIpc) is 3.00. The van der Waals surface area contributed by atoms with E-state index < -0.39 is 0 Å². The number of aliphatic hydroxyl groups excluding tert-OH is 1. The van der Waals surface area contributed by atoms with Gasteiger partial charge in [-0.2, -0.15) is 0 Å². The first-order valence-corrected chi connectivity index (χ1v) is 5.18. The Morgan fingerprint density at radius 1 is 1.29 bits per heavy atom. The van der Waals surface area contributed by atoms with Crippen LogP contribution in [-0.2, 0) is 6.42 Å². The van der Waals surface area contributed by atoms with E-state index in [1.165, 1.54) is 25.0 Å². The van der Waals surface area contributed by atoms with E-state index in [9.17, 15) is 9.50 Å². The van der Waals surface area contributed by atoms with Crippen LogP contribution < -0.4 is 0 Å². The van der Waals surface area contributed by atoms with Crippen molar-refractivity contribution >= 4 is 0 Å².